The summed E-state index contributed by atoms with van der Waals surface area (Å²) in [4.78, 5) is 6.80. The molecule has 2 aliphatic rings. The monoisotopic (exact) mass is 238 g/mol. The first-order chi connectivity index (χ1) is 7.72. The number of rotatable bonds is 2. The number of piperidine rings is 1. The van der Waals surface area contributed by atoms with E-state index in [1.807, 2.05) is 6.92 Å². The van der Waals surface area contributed by atoms with E-state index in [0.29, 0.717) is 6.04 Å². The van der Waals surface area contributed by atoms with Gasteiger partial charge in [-0.25, -0.2) is 4.98 Å². The summed E-state index contributed by atoms with van der Waals surface area (Å²) in [5, 5.41) is 4.75. The van der Waals surface area contributed by atoms with Crippen LogP contribution in [0, 0.1) is 6.92 Å². The number of fused-ring (bicyclic) bond motifs is 2. The maximum atomic E-state index is 4.47. The number of nitrogens with zero attached hydrogens (tertiary/aromatic N) is 3. The molecular weight excluding hydrogens is 220 g/mol. The molecule has 1 aromatic heterocycles. The highest BCUT2D eigenvalue weighted by Gasteiger charge is 2.35. The van der Waals surface area contributed by atoms with Crippen molar-refractivity contribution < 1.29 is 0 Å². The van der Waals surface area contributed by atoms with E-state index < -0.39 is 0 Å². The highest BCUT2D eigenvalue weighted by molar-refractivity contribution is 7.09. The third kappa shape index (κ3) is 1.82. The summed E-state index contributed by atoms with van der Waals surface area (Å²) in [7, 11) is 2.16. The molecule has 3 rings (SSSR count). The molecule has 0 aromatic carbocycles. The normalized spacial score (nSPS) is 33.0. The van der Waals surface area contributed by atoms with Crippen LogP contribution in [-0.2, 0) is 0 Å². The minimum atomic E-state index is 0.645. The van der Waals surface area contributed by atoms with E-state index in [9.17, 15) is 0 Å². The number of aromatic nitrogens is 2. The smallest absolute Gasteiger partial charge is 0.205 e. The van der Waals surface area contributed by atoms with Gasteiger partial charge in [0, 0.05) is 36.7 Å². The minimum Gasteiger partial charge on any atom is -0.347 e. The number of nitrogens with one attached hydrogen (secondary N) is 1. The van der Waals surface area contributed by atoms with Crippen molar-refractivity contribution in [3.8, 4) is 0 Å². The SMILES string of the molecule is Cc1nsc(N(C)C2CC3CCC(C2)N3)n1. The Morgan fingerprint density at radius 3 is 2.56 bits per heavy atom. The van der Waals surface area contributed by atoms with Gasteiger partial charge in [0.05, 0.1) is 0 Å². The molecule has 2 saturated heterocycles. The van der Waals surface area contributed by atoms with Gasteiger partial charge in [-0.05, 0) is 32.6 Å². The Hall–Kier alpha value is -0.680. The molecule has 2 aliphatic heterocycles. The minimum absolute atomic E-state index is 0.645. The average molecular weight is 238 g/mol. The summed E-state index contributed by atoms with van der Waals surface area (Å²) in [5.41, 5.74) is 0. The molecule has 0 saturated carbocycles. The fraction of sp³-hybridized carbons (Fsp3) is 0.818. The molecule has 2 bridgehead atoms. The maximum Gasteiger partial charge on any atom is 0.205 e. The van der Waals surface area contributed by atoms with Crippen molar-refractivity contribution in [2.75, 3.05) is 11.9 Å². The van der Waals surface area contributed by atoms with Crippen molar-refractivity contribution in [2.24, 2.45) is 0 Å². The van der Waals surface area contributed by atoms with Crippen LogP contribution in [0.15, 0.2) is 0 Å². The van der Waals surface area contributed by atoms with Gasteiger partial charge in [-0.2, -0.15) is 4.37 Å². The molecule has 2 unspecified atom stereocenters. The van der Waals surface area contributed by atoms with Gasteiger partial charge in [0.15, 0.2) is 0 Å². The number of hydrogen-bond donors (Lipinski definition) is 1. The van der Waals surface area contributed by atoms with E-state index >= 15 is 0 Å². The number of aryl methyl sites for hydroxylation is 1. The first-order valence-corrected chi connectivity index (χ1v) is 6.79. The first kappa shape index (κ1) is 10.5. The van der Waals surface area contributed by atoms with Gasteiger partial charge in [0.25, 0.3) is 0 Å². The maximum absolute atomic E-state index is 4.47. The first-order valence-electron chi connectivity index (χ1n) is 6.01. The van der Waals surface area contributed by atoms with Crippen molar-refractivity contribution >= 4 is 16.7 Å². The van der Waals surface area contributed by atoms with Crippen molar-refractivity contribution in [1.29, 1.82) is 0 Å². The Balaban J connectivity index is 1.73. The van der Waals surface area contributed by atoms with Crippen LogP contribution in [0.5, 0.6) is 0 Å². The van der Waals surface area contributed by atoms with E-state index in [4.69, 9.17) is 0 Å². The van der Waals surface area contributed by atoms with Crippen LogP contribution in [0.25, 0.3) is 0 Å². The predicted octanol–water partition coefficient (Wildman–Crippen LogP) is 1.57. The van der Waals surface area contributed by atoms with Crippen LogP contribution in [0.1, 0.15) is 31.5 Å². The van der Waals surface area contributed by atoms with E-state index in [1.165, 1.54) is 37.2 Å². The van der Waals surface area contributed by atoms with Crippen molar-refractivity contribution in [2.45, 2.75) is 50.7 Å². The summed E-state index contributed by atoms with van der Waals surface area (Å²) < 4.78 is 4.26. The standard InChI is InChI=1S/C11H18N4S/c1-7-12-11(16-14-7)15(2)10-5-8-3-4-9(6-10)13-8/h8-10,13H,3-6H2,1-2H3. The van der Waals surface area contributed by atoms with Crippen LogP contribution in [-0.4, -0.2) is 34.5 Å². The van der Waals surface area contributed by atoms with Gasteiger partial charge in [-0.15, -0.1) is 0 Å². The predicted molar refractivity (Wildman–Crippen MR) is 66.0 cm³/mol. The van der Waals surface area contributed by atoms with Gasteiger partial charge in [-0.3, -0.25) is 0 Å². The molecule has 0 aliphatic carbocycles. The Morgan fingerprint density at radius 2 is 2.00 bits per heavy atom. The second kappa shape index (κ2) is 3.96. The lowest BCUT2D eigenvalue weighted by molar-refractivity contribution is 0.354. The highest BCUT2D eigenvalue weighted by Crippen LogP contribution is 2.31. The Kier molecular flexibility index (Phi) is 2.59. The van der Waals surface area contributed by atoms with Crippen molar-refractivity contribution in [3.63, 3.8) is 0 Å². The van der Waals surface area contributed by atoms with Gasteiger partial charge >= 0.3 is 0 Å². The topological polar surface area (TPSA) is 41.1 Å². The molecule has 2 atom stereocenters. The van der Waals surface area contributed by atoms with E-state index in [1.54, 1.807) is 0 Å². The third-order valence-electron chi connectivity index (χ3n) is 3.81. The van der Waals surface area contributed by atoms with Crippen molar-refractivity contribution in [1.82, 2.24) is 14.7 Å². The summed E-state index contributed by atoms with van der Waals surface area (Å²) in [6.07, 6.45) is 5.21. The Bertz CT molecular complexity index is 366. The zero-order valence-corrected chi connectivity index (χ0v) is 10.6. The molecule has 0 radical (unpaired) electrons. The van der Waals surface area contributed by atoms with Crippen LogP contribution >= 0.6 is 11.5 Å². The largest absolute Gasteiger partial charge is 0.347 e. The zero-order valence-electron chi connectivity index (χ0n) is 9.81. The molecule has 4 nitrogen and oxygen atoms in total. The average Bonchev–Trinajstić information content (AvgIpc) is 2.84. The van der Waals surface area contributed by atoms with Gasteiger partial charge in [0.1, 0.15) is 5.82 Å². The summed E-state index contributed by atoms with van der Waals surface area (Å²) >= 11 is 1.52. The summed E-state index contributed by atoms with van der Waals surface area (Å²) in [6, 6.07) is 2.12. The molecule has 1 aromatic rings. The fourth-order valence-electron chi connectivity index (χ4n) is 2.93. The number of anilines is 1. The lowest BCUT2D eigenvalue weighted by Crippen LogP contribution is -2.47. The molecule has 1 N–H and O–H groups in total. The molecule has 16 heavy (non-hydrogen) atoms. The second-order valence-electron chi connectivity index (χ2n) is 5.00. The van der Waals surface area contributed by atoms with E-state index in [2.05, 4.69) is 26.6 Å². The molecule has 5 heteroatoms. The second-order valence-corrected chi connectivity index (χ2v) is 5.73. The third-order valence-corrected chi connectivity index (χ3v) is 4.71. The van der Waals surface area contributed by atoms with Crippen molar-refractivity contribution in [3.05, 3.63) is 5.82 Å². The van der Waals surface area contributed by atoms with Crippen LogP contribution in [0.3, 0.4) is 0 Å². The Morgan fingerprint density at radius 1 is 1.31 bits per heavy atom. The summed E-state index contributed by atoms with van der Waals surface area (Å²) in [5.74, 6) is 0.892. The molecule has 3 heterocycles. The lowest BCUT2D eigenvalue weighted by atomic mass is 9.99. The zero-order chi connectivity index (χ0) is 11.1. The van der Waals surface area contributed by atoms with E-state index in [0.717, 1.165) is 23.0 Å². The van der Waals surface area contributed by atoms with Crippen LogP contribution in [0.2, 0.25) is 0 Å². The Labute approximate surface area is 100 Å². The highest BCUT2D eigenvalue weighted by atomic mass is 32.1. The number of hydrogen-bond acceptors (Lipinski definition) is 5. The molecule has 2 fully saturated rings. The molecule has 0 amide bonds. The molecular formula is C11H18N4S. The van der Waals surface area contributed by atoms with Gasteiger partial charge in [0.2, 0.25) is 5.13 Å². The molecule has 88 valence electrons. The summed E-state index contributed by atoms with van der Waals surface area (Å²) in [6.45, 7) is 1.96. The lowest BCUT2D eigenvalue weighted by Gasteiger charge is -2.35. The van der Waals surface area contributed by atoms with Crippen LogP contribution in [0.4, 0.5) is 5.13 Å². The quantitative estimate of drug-likeness (QED) is 0.849. The van der Waals surface area contributed by atoms with Gasteiger partial charge < -0.3 is 10.2 Å². The fourth-order valence-corrected chi connectivity index (χ4v) is 3.63. The van der Waals surface area contributed by atoms with E-state index in [-0.39, 0.29) is 0 Å². The van der Waals surface area contributed by atoms with Gasteiger partial charge in [-0.1, -0.05) is 0 Å². The van der Waals surface area contributed by atoms with Crippen LogP contribution < -0.4 is 10.2 Å². The molecule has 0 spiro atoms.